The molecule has 1 aromatic rings. The molecule has 0 atom stereocenters. The Morgan fingerprint density at radius 1 is 1.00 bits per heavy atom. The van der Waals surface area contributed by atoms with Crippen LogP contribution < -0.4 is 0 Å². The molecule has 86 valence electrons. The third kappa shape index (κ3) is 4.17. The molecule has 15 heavy (non-hydrogen) atoms. The Hall–Kier alpha value is 0.610. The number of hydrogen-bond acceptors (Lipinski definition) is 2. The van der Waals surface area contributed by atoms with Gasteiger partial charge in [0, 0.05) is 0 Å². The van der Waals surface area contributed by atoms with E-state index in [9.17, 15) is 8.42 Å². The molecule has 0 aliphatic carbocycles. The maximum atomic E-state index is 11.7. The summed E-state index contributed by atoms with van der Waals surface area (Å²) in [5.74, 6) is 0. The Morgan fingerprint density at radius 3 is 1.73 bits per heavy atom. The van der Waals surface area contributed by atoms with Crippen LogP contribution in [0, 0.1) is 0 Å². The van der Waals surface area contributed by atoms with Gasteiger partial charge in [0.1, 0.15) is 0 Å². The molecule has 0 saturated heterocycles. The van der Waals surface area contributed by atoms with E-state index in [-0.39, 0.29) is 4.90 Å². The summed E-state index contributed by atoms with van der Waals surface area (Å²) >= 11 is 8.95. The van der Waals surface area contributed by atoms with E-state index in [4.69, 9.17) is 0 Å². The molecule has 2 nitrogen and oxygen atoms in total. The van der Waals surface area contributed by atoms with Crippen molar-refractivity contribution in [3.8, 4) is 0 Å². The van der Waals surface area contributed by atoms with Crippen molar-refractivity contribution in [2.45, 2.75) is 20.2 Å². The van der Waals surface area contributed by atoms with Crippen LogP contribution in [0.5, 0.6) is 0 Å². The van der Waals surface area contributed by atoms with Crippen molar-refractivity contribution >= 4 is 57.6 Å². The molecule has 0 saturated carbocycles. The summed E-state index contributed by atoms with van der Waals surface area (Å²) in [4.78, 5) is 0.251. The van der Waals surface area contributed by atoms with Crippen molar-refractivity contribution in [1.82, 2.24) is 0 Å². The van der Waals surface area contributed by atoms with Crippen LogP contribution in [0.15, 0.2) is 35.2 Å². The maximum Gasteiger partial charge on any atom is 0.239 e. The zero-order chi connectivity index (χ0) is 12.1. The van der Waals surface area contributed by atoms with Crippen molar-refractivity contribution in [2.24, 2.45) is 0 Å². The van der Waals surface area contributed by atoms with E-state index >= 15 is 0 Å². The molecule has 0 heterocycles. The molecule has 0 aliphatic rings. The second-order valence-corrected chi connectivity index (χ2v) is 12.7. The fourth-order valence-corrected chi connectivity index (χ4v) is 3.20. The Bertz CT molecular complexity index is 382. The van der Waals surface area contributed by atoms with Gasteiger partial charge < -0.3 is 0 Å². The standard InChI is InChI=1S/C7H5Br3O2S.C2H6/c8-7(9,10)13(11,12)6-4-2-1-3-5-6;1-2/h1-5H;1-2H3. The lowest BCUT2D eigenvalue weighted by Gasteiger charge is -2.12. The lowest BCUT2D eigenvalue weighted by molar-refractivity contribution is 0.599. The monoisotopic (exact) mass is 420 g/mol. The molecule has 0 spiro atoms. The highest BCUT2D eigenvalue weighted by Gasteiger charge is 2.36. The molecule has 0 bridgehead atoms. The van der Waals surface area contributed by atoms with Gasteiger partial charge >= 0.3 is 0 Å². The number of halogens is 3. The van der Waals surface area contributed by atoms with Gasteiger partial charge in [0.25, 0.3) is 0 Å². The second kappa shape index (κ2) is 6.37. The van der Waals surface area contributed by atoms with Crippen LogP contribution >= 0.6 is 47.8 Å². The van der Waals surface area contributed by atoms with Crippen LogP contribution in [0.4, 0.5) is 0 Å². The summed E-state index contributed by atoms with van der Waals surface area (Å²) in [6, 6.07) is 8.18. The highest BCUT2D eigenvalue weighted by Crippen LogP contribution is 2.42. The average molecular weight is 423 g/mol. The zero-order valence-corrected chi connectivity index (χ0v) is 13.8. The summed E-state index contributed by atoms with van der Waals surface area (Å²) in [7, 11) is -3.43. The molecule has 6 heteroatoms. The van der Waals surface area contributed by atoms with Gasteiger partial charge in [-0.3, -0.25) is 0 Å². The quantitative estimate of drug-likeness (QED) is 0.633. The molecule has 0 fully saturated rings. The molecule has 1 aromatic carbocycles. The molecule has 1 rings (SSSR count). The molecule has 0 N–H and O–H groups in total. The van der Waals surface area contributed by atoms with Gasteiger partial charge in [0.15, 0.2) is 0 Å². The normalized spacial score (nSPS) is 11.5. The number of rotatable bonds is 1. The number of alkyl halides is 3. The maximum absolute atomic E-state index is 11.7. The molecular weight excluding hydrogens is 412 g/mol. The Morgan fingerprint density at radius 2 is 1.40 bits per heavy atom. The summed E-state index contributed by atoms with van der Waals surface area (Å²) in [6.07, 6.45) is 0. The van der Waals surface area contributed by atoms with Crippen LogP contribution in [0.25, 0.3) is 0 Å². The van der Waals surface area contributed by atoms with E-state index in [1.165, 1.54) is 12.1 Å². The number of benzene rings is 1. The predicted molar refractivity (Wildman–Crippen MR) is 74.5 cm³/mol. The summed E-state index contributed by atoms with van der Waals surface area (Å²) in [6.45, 7) is 4.00. The fourth-order valence-electron chi connectivity index (χ4n) is 0.733. The van der Waals surface area contributed by atoms with Crippen LogP contribution in [0.1, 0.15) is 13.8 Å². The first-order chi connectivity index (χ1) is 6.86. The van der Waals surface area contributed by atoms with Crippen molar-refractivity contribution in [2.75, 3.05) is 0 Å². The van der Waals surface area contributed by atoms with Crippen LogP contribution in [-0.4, -0.2) is 9.89 Å². The van der Waals surface area contributed by atoms with E-state index in [0.717, 1.165) is 0 Å². The zero-order valence-electron chi connectivity index (χ0n) is 8.25. The Kier molecular flexibility index (Phi) is 6.63. The average Bonchev–Trinajstić information content (AvgIpc) is 2.20. The predicted octanol–water partition coefficient (Wildman–Crippen LogP) is 4.28. The van der Waals surface area contributed by atoms with Crippen LogP contribution in [-0.2, 0) is 9.84 Å². The molecule has 0 amide bonds. The Balaban J connectivity index is 0.000000921. The van der Waals surface area contributed by atoms with Crippen molar-refractivity contribution in [3.05, 3.63) is 30.3 Å². The molecule has 0 aromatic heterocycles. The van der Waals surface area contributed by atoms with Gasteiger partial charge in [-0.05, 0) is 59.9 Å². The van der Waals surface area contributed by atoms with Crippen molar-refractivity contribution < 1.29 is 8.42 Å². The van der Waals surface area contributed by atoms with Crippen LogP contribution in [0.2, 0.25) is 0 Å². The number of sulfone groups is 1. The van der Waals surface area contributed by atoms with Crippen LogP contribution in [0.3, 0.4) is 0 Å². The Labute approximate surface area is 116 Å². The molecule has 0 unspecified atom stereocenters. The van der Waals surface area contributed by atoms with Crippen molar-refractivity contribution in [3.63, 3.8) is 0 Å². The first kappa shape index (κ1) is 15.6. The van der Waals surface area contributed by atoms with Gasteiger partial charge in [-0.1, -0.05) is 32.0 Å². The minimum absolute atomic E-state index is 0.251. The topological polar surface area (TPSA) is 34.1 Å². The van der Waals surface area contributed by atoms with Gasteiger partial charge in [-0.15, -0.1) is 0 Å². The minimum atomic E-state index is -3.43. The van der Waals surface area contributed by atoms with Gasteiger partial charge in [0.2, 0.25) is 11.3 Å². The van der Waals surface area contributed by atoms with Gasteiger partial charge in [-0.2, -0.15) is 0 Å². The highest BCUT2D eigenvalue weighted by atomic mass is 80.0. The third-order valence-corrected chi connectivity index (χ3v) is 6.70. The van der Waals surface area contributed by atoms with Gasteiger partial charge in [0.05, 0.1) is 4.90 Å². The summed E-state index contributed by atoms with van der Waals surface area (Å²) < 4.78 is 22.1. The second-order valence-electron chi connectivity index (χ2n) is 2.26. The third-order valence-electron chi connectivity index (χ3n) is 1.36. The molecule has 0 radical (unpaired) electrons. The molecule has 0 aliphatic heterocycles. The number of hydrogen-bond donors (Lipinski definition) is 0. The lowest BCUT2D eigenvalue weighted by atomic mass is 10.4. The molecular formula is C9H11Br3O2S. The first-order valence-electron chi connectivity index (χ1n) is 4.22. The largest absolute Gasteiger partial charge is 0.239 e. The van der Waals surface area contributed by atoms with Gasteiger partial charge in [-0.25, -0.2) is 8.42 Å². The van der Waals surface area contributed by atoms with E-state index in [1.807, 2.05) is 13.8 Å². The first-order valence-corrected chi connectivity index (χ1v) is 8.08. The van der Waals surface area contributed by atoms with Crippen molar-refractivity contribution in [1.29, 1.82) is 0 Å². The summed E-state index contributed by atoms with van der Waals surface area (Å²) in [5.41, 5.74) is 0. The highest BCUT2D eigenvalue weighted by molar-refractivity contribution is 9.42. The lowest BCUT2D eigenvalue weighted by Crippen LogP contribution is -2.17. The fraction of sp³-hybridized carbons (Fsp3) is 0.333. The SMILES string of the molecule is CC.O=S(=O)(c1ccccc1)C(Br)(Br)Br. The smallest absolute Gasteiger partial charge is 0.220 e. The summed E-state index contributed by atoms with van der Waals surface area (Å²) in [5, 5.41) is 0. The minimum Gasteiger partial charge on any atom is -0.220 e. The van der Waals surface area contributed by atoms with E-state index in [1.54, 1.807) is 18.2 Å². The van der Waals surface area contributed by atoms with E-state index < -0.39 is 11.3 Å². The van der Waals surface area contributed by atoms with E-state index in [2.05, 4.69) is 47.8 Å². The van der Waals surface area contributed by atoms with E-state index in [0.29, 0.717) is 0 Å².